The van der Waals surface area contributed by atoms with Crippen LogP contribution in [0.2, 0.25) is 0 Å². The highest BCUT2D eigenvalue weighted by Crippen LogP contribution is 2.23. The average Bonchev–Trinajstić information content (AvgIpc) is 2.74. The molecule has 0 saturated carbocycles. The SMILES string of the molecule is CCOc1ccccc1CNC(=O)[C@@H]1CCCN(S(=O)(=O)N2CCOCC2)C1. The van der Waals surface area contributed by atoms with E-state index in [0.717, 1.165) is 11.3 Å². The summed E-state index contributed by atoms with van der Waals surface area (Å²) in [7, 11) is -3.55. The third-order valence-electron chi connectivity index (χ3n) is 5.10. The van der Waals surface area contributed by atoms with Crippen molar-refractivity contribution in [3.63, 3.8) is 0 Å². The van der Waals surface area contributed by atoms with Crippen LogP contribution < -0.4 is 10.1 Å². The highest BCUT2D eigenvalue weighted by molar-refractivity contribution is 7.86. The summed E-state index contributed by atoms with van der Waals surface area (Å²) in [5.41, 5.74) is 0.909. The molecule has 0 radical (unpaired) electrons. The first-order valence-electron chi connectivity index (χ1n) is 9.83. The molecule has 8 nitrogen and oxygen atoms in total. The predicted octanol–water partition coefficient (Wildman–Crippen LogP) is 0.991. The quantitative estimate of drug-likeness (QED) is 0.723. The number of nitrogens with zero attached hydrogens (tertiary/aromatic N) is 2. The Kier molecular flexibility index (Phi) is 7.28. The van der Waals surface area contributed by atoms with E-state index in [2.05, 4.69) is 5.32 Å². The molecule has 0 bridgehead atoms. The van der Waals surface area contributed by atoms with E-state index >= 15 is 0 Å². The zero-order chi connectivity index (χ0) is 20.0. The lowest BCUT2D eigenvalue weighted by Crippen LogP contribution is -2.52. The van der Waals surface area contributed by atoms with Crippen molar-refractivity contribution in [2.45, 2.75) is 26.3 Å². The zero-order valence-corrected chi connectivity index (χ0v) is 17.1. The van der Waals surface area contributed by atoms with E-state index in [1.165, 1.54) is 8.61 Å². The Morgan fingerprint density at radius 2 is 1.96 bits per heavy atom. The summed E-state index contributed by atoms with van der Waals surface area (Å²) < 4.78 is 39.4. The minimum absolute atomic E-state index is 0.117. The molecule has 1 N–H and O–H groups in total. The maximum absolute atomic E-state index is 12.9. The Morgan fingerprint density at radius 3 is 2.71 bits per heavy atom. The first kappa shape index (κ1) is 21.0. The van der Waals surface area contributed by atoms with E-state index in [-0.39, 0.29) is 18.4 Å². The van der Waals surface area contributed by atoms with Crippen LogP contribution in [-0.4, -0.2) is 68.9 Å². The fraction of sp³-hybridized carbons (Fsp3) is 0.632. The number of ether oxygens (including phenoxy) is 2. The summed E-state index contributed by atoms with van der Waals surface area (Å²) in [5, 5.41) is 2.94. The molecule has 9 heteroatoms. The minimum atomic E-state index is -3.55. The third kappa shape index (κ3) is 5.02. The second-order valence-electron chi connectivity index (χ2n) is 6.97. The Labute approximate surface area is 167 Å². The van der Waals surface area contributed by atoms with Gasteiger partial charge in [0.1, 0.15) is 5.75 Å². The number of nitrogens with one attached hydrogen (secondary N) is 1. The van der Waals surface area contributed by atoms with Crippen LogP contribution in [0.4, 0.5) is 0 Å². The molecule has 2 aliphatic rings. The summed E-state index contributed by atoms with van der Waals surface area (Å²) in [4.78, 5) is 12.7. The third-order valence-corrected chi connectivity index (χ3v) is 7.11. The summed E-state index contributed by atoms with van der Waals surface area (Å²) >= 11 is 0. The molecule has 1 aromatic carbocycles. The largest absolute Gasteiger partial charge is 0.494 e. The first-order valence-corrected chi connectivity index (χ1v) is 11.2. The maximum Gasteiger partial charge on any atom is 0.282 e. The second kappa shape index (κ2) is 9.69. The van der Waals surface area contributed by atoms with Crippen LogP contribution in [0.25, 0.3) is 0 Å². The zero-order valence-electron chi connectivity index (χ0n) is 16.3. The lowest BCUT2D eigenvalue weighted by molar-refractivity contribution is -0.126. The Hall–Kier alpha value is -1.68. The summed E-state index contributed by atoms with van der Waals surface area (Å²) in [6.45, 7) is 5.07. The molecule has 2 aliphatic heterocycles. The van der Waals surface area contributed by atoms with Gasteiger partial charge in [-0.2, -0.15) is 17.0 Å². The van der Waals surface area contributed by atoms with Gasteiger partial charge in [-0.3, -0.25) is 4.79 Å². The first-order chi connectivity index (χ1) is 13.5. The summed E-state index contributed by atoms with van der Waals surface area (Å²) in [5.74, 6) is 0.294. The van der Waals surface area contributed by atoms with Gasteiger partial charge in [-0.05, 0) is 25.8 Å². The van der Waals surface area contributed by atoms with Crippen molar-refractivity contribution in [3.8, 4) is 5.75 Å². The smallest absolute Gasteiger partial charge is 0.282 e. The van der Waals surface area contributed by atoms with Crippen molar-refractivity contribution in [2.24, 2.45) is 5.92 Å². The van der Waals surface area contributed by atoms with Gasteiger partial charge in [0.2, 0.25) is 5.91 Å². The van der Waals surface area contributed by atoms with Crippen LogP contribution in [-0.2, 0) is 26.3 Å². The van der Waals surface area contributed by atoms with Gasteiger partial charge in [0.15, 0.2) is 0 Å². The molecule has 3 rings (SSSR count). The maximum atomic E-state index is 12.9. The van der Waals surface area contributed by atoms with Gasteiger partial charge in [0, 0.05) is 38.3 Å². The molecule has 2 fully saturated rings. The summed E-state index contributed by atoms with van der Waals surface area (Å²) in [6.07, 6.45) is 1.37. The van der Waals surface area contributed by atoms with Gasteiger partial charge in [0.05, 0.1) is 25.7 Å². The molecular weight excluding hydrogens is 382 g/mol. The molecule has 156 valence electrons. The summed E-state index contributed by atoms with van der Waals surface area (Å²) in [6, 6.07) is 7.59. The van der Waals surface area contributed by atoms with Crippen molar-refractivity contribution >= 4 is 16.1 Å². The number of piperidine rings is 1. The molecule has 0 unspecified atom stereocenters. The van der Waals surface area contributed by atoms with Crippen LogP contribution in [0.1, 0.15) is 25.3 Å². The number of para-hydroxylation sites is 1. The fourth-order valence-electron chi connectivity index (χ4n) is 3.58. The van der Waals surface area contributed by atoms with Crippen molar-refractivity contribution in [3.05, 3.63) is 29.8 Å². The number of benzene rings is 1. The van der Waals surface area contributed by atoms with E-state index in [1.54, 1.807) is 0 Å². The highest BCUT2D eigenvalue weighted by atomic mass is 32.2. The number of carbonyl (C=O) groups excluding carboxylic acids is 1. The van der Waals surface area contributed by atoms with Gasteiger partial charge < -0.3 is 14.8 Å². The van der Waals surface area contributed by atoms with Crippen LogP contribution >= 0.6 is 0 Å². The van der Waals surface area contributed by atoms with Crippen molar-refractivity contribution in [1.82, 2.24) is 13.9 Å². The number of carbonyl (C=O) groups is 1. The van der Waals surface area contributed by atoms with Crippen molar-refractivity contribution in [2.75, 3.05) is 46.0 Å². The van der Waals surface area contributed by atoms with Crippen LogP contribution in [0.3, 0.4) is 0 Å². The van der Waals surface area contributed by atoms with E-state index in [9.17, 15) is 13.2 Å². The molecule has 1 atom stereocenters. The topological polar surface area (TPSA) is 88.2 Å². The molecule has 2 heterocycles. The lowest BCUT2D eigenvalue weighted by Gasteiger charge is -2.36. The van der Waals surface area contributed by atoms with E-state index in [4.69, 9.17) is 9.47 Å². The Balaban J connectivity index is 1.58. The normalized spacial score (nSPS) is 22.0. The molecule has 0 spiro atoms. The van der Waals surface area contributed by atoms with Crippen molar-refractivity contribution < 1.29 is 22.7 Å². The van der Waals surface area contributed by atoms with Gasteiger partial charge >= 0.3 is 0 Å². The van der Waals surface area contributed by atoms with Crippen LogP contribution in [0.15, 0.2) is 24.3 Å². The molecule has 1 aromatic rings. The number of amides is 1. The van der Waals surface area contributed by atoms with Gasteiger partial charge in [-0.25, -0.2) is 0 Å². The molecular formula is C19H29N3O5S. The number of morpholine rings is 1. The lowest BCUT2D eigenvalue weighted by atomic mass is 9.98. The molecule has 0 aromatic heterocycles. The van der Waals surface area contributed by atoms with Crippen LogP contribution in [0, 0.1) is 5.92 Å². The van der Waals surface area contributed by atoms with Gasteiger partial charge in [-0.15, -0.1) is 0 Å². The Bertz CT molecular complexity index is 765. The van der Waals surface area contributed by atoms with Gasteiger partial charge in [-0.1, -0.05) is 18.2 Å². The predicted molar refractivity (Wildman–Crippen MR) is 105 cm³/mol. The van der Waals surface area contributed by atoms with E-state index in [1.807, 2.05) is 31.2 Å². The van der Waals surface area contributed by atoms with E-state index in [0.29, 0.717) is 58.8 Å². The van der Waals surface area contributed by atoms with Gasteiger partial charge in [0.25, 0.3) is 10.2 Å². The van der Waals surface area contributed by atoms with E-state index < -0.39 is 10.2 Å². The highest BCUT2D eigenvalue weighted by Gasteiger charge is 2.36. The number of hydrogen-bond acceptors (Lipinski definition) is 5. The molecule has 1 amide bonds. The minimum Gasteiger partial charge on any atom is -0.494 e. The number of hydrogen-bond donors (Lipinski definition) is 1. The fourth-order valence-corrected chi connectivity index (χ4v) is 5.24. The molecule has 28 heavy (non-hydrogen) atoms. The van der Waals surface area contributed by atoms with Crippen molar-refractivity contribution in [1.29, 1.82) is 0 Å². The van der Waals surface area contributed by atoms with Crippen LogP contribution in [0.5, 0.6) is 5.75 Å². The standard InChI is InChI=1S/C19H29N3O5S/c1-2-27-18-8-4-3-6-16(18)14-20-19(23)17-7-5-9-22(15-17)28(24,25)21-10-12-26-13-11-21/h3-4,6,8,17H,2,5,7,9-15H2,1H3,(H,20,23)/t17-/m1/s1. The average molecular weight is 412 g/mol. The molecule has 0 aliphatic carbocycles. The number of rotatable bonds is 7. The molecule has 2 saturated heterocycles. The Morgan fingerprint density at radius 1 is 1.21 bits per heavy atom. The monoisotopic (exact) mass is 411 g/mol. The second-order valence-corrected chi connectivity index (χ2v) is 8.90.